The summed E-state index contributed by atoms with van der Waals surface area (Å²) in [6.45, 7) is 2.89. The van der Waals surface area contributed by atoms with Crippen molar-refractivity contribution in [1.29, 1.82) is 0 Å². The molecule has 3 heterocycles. The number of anilines is 2. The van der Waals surface area contributed by atoms with Crippen LogP contribution in [0.4, 0.5) is 24.8 Å². The quantitative estimate of drug-likeness (QED) is 0.308. The molecule has 2 aromatic heterocycles. The van der Waals surface area contributed by atoms with Crippen LogP contribution in [-0.2, 0) is 0 Å². The van der Waals surface area contributed by atoms with Crippen LogP contribution in [0.3, 0.4) is 0 Å². The third-order valence-corrected chi connectivity index (χ3v) is 6.82. The van der Waals surface area contributed by atoms with E-state index in [0.717, 1.165) is 19.5 Å². The van der Waals surface area contributed by atoms with Gasteiger partial charge in [0, 0.05) is 23.4 Å². The number of amides is 1. The molecule has 1 amide bonds. The van der Waals surface area contributed by atoms with Gasteiger partial charge in [-0.2, -0.15) is 4.98 Å². The van der Waals surface area contributed by atoms with Gasteiger partial charge in [0.2, 0.25) is 5.95 Å². The molecule has 2 N–H and O–H groups in total. The van der Waals surface area contributed by atoms with Crippen LogP contribution >= 0.6 is 0 Å². The van der Waals surface area contributed by atoms with Crippen LogP contribution in [0.25, 0.3) is 16.9 Å². The topological polar surface area (TPSA) is 83.8 Å². The van der Waals surface area contributed by atoms with Gasteiger partial charge in [-0.1, -0.05) is 6.07 Å². The highest BCUT2D eigenvalue weighted by atomic mass is 19.4. The summed E-state index contributed by atoms with van der Waals surface area (Å²) >= 11 is 0. The number of fused-ring (bicyclic) bond motifs is 1. The summed E-state index contributed by atoms with van der Waals surface area (Å²) in [6, 6.07) is 18.0. The van der Waals surface area contributed by atoms with Crippen molar-refractivity contribution >= 4 is 23.2 Å². The number of hydrogen-bond donors (Lipinski definition) is 2. The second-order valence-corrected chi connectivity index (χ2v) is 9.68. The van der Waals surface area contributed by atoms with E-state index in [0.29, 0.717) is 46.6 Å². The number of nitrogens with one attached hydrogen (secondary N) is 2. The molecule has 0 radical (unpaired) electrons. The molecule has 0 spiro atoms. The fourth-order valence-corrected chi connectivity index (χ4v) is 4.68. The van der Waals surface area contributed by atoms with Crippen molar-refractivity contribution in [2.45, 2.75) is 25.6 Å². The molecule has 0 bridgehead atoms. The van der Waals surface area contributed by atoms with Crippen molar-refractivity contribution < 1.29 is 22.7 Å². The molecule has 0 atom stereocenters. The van der Waals surface area contributed by atoms with Crippen LogP contribution in [0.2, 0.25) is 0 Å². The molecule has 1 fully saturated rings. The van der Waals surface area contributed by atoms with E-state index in [1.54, 1.807) is 47.0 Å². The summed E-state index contributed by atoms with van der Waals surface area (Å²) < 4.78 is 43.0. The van der Waals surface area contributed by atoms with Crippen molar-refractivity contribution in [2.24, 2.45) is 5.92 Å². The molecule has 11 heteroatoms. The van der Waals surface area contributed by atoms with Gasteiger partial charge in [0.25, 0.3) is 5.91 Å². The first-order valence-electron chi connectivity index (χ1n) is 12.8. The average molecular weight is 539 g/mol. The molecule has 1 aliphatic rings. The lowest BCUT2D eigenvalue weighted by molar-refractivity contribution is -0.274. The van der Waals surface area contributed by atoms with E-state index in [2.05, 4.69) is 37.4 Å². The lowest BCUT2D eigenvalue weighted by Gasteiger charge is -2.28. The Morgan fingerprint density at radius 1 is 1.03 bits per heavy atom. The van der Waals surface area contributed by atoms with Gasteiger partial charge in [0.1, 0.15) is 5.75 Å². The molecule has 0 saturated carbocycles. The number of nitrogens with zero attached hydrogens (tertiary/aromatic N) is 4. The largest absolute Gasteiger partial charge is 0.573 e. The van der Waals surface area contributed by atoms with Crippen molar-refractivity contribution in [3.63, 3.8) is 0 Å². The number of carbonyl (C=O) groups excluding carboxylic acids is 1. The average Bonchev–Trinajstić information content (AvgIpc) is 3.32. The molecule has 8 nitrogen and oxygen atoms in total. The van der Waals surface area contributed by atoms with Crippen molar-refractivity contribution in [3.05, 3.63) is 72.3 Å². The van der Waals surface area contributed by atoms with Crippen molar-refractivity contribution in [1.82, 2.24) is 24.8 Å². The highest BCUT2D eigenvalue weighted by Crippen LogP contribution is 2.27. The summed E-state index contributed by atoms with van der Waals surface area (Å²) in [7, 11) is 2.14. The predicted octanol–water partition coefficient (Wildman–Crippen LogP) is 5.50. The molecule has 5 rings (SSSR count). The number of rotatable bonds is 8. The van der Waals surface area contributed by atoms with Crippen LogP contribution in [0.15, 0.2) is 66.7 Å². The number of benzene rings is 2. The fraction of sp³-hybridized carbons (Fsp3) is 0.321. The SMILES string of the molecule is CN1CCC(CCNC(=O)c2ccc(Nc3nc4cccc(-c5ccc(OC(F)(F)F)cc5)n4n3)cc2)CC1. The Kier molecular flexibility index (Phi) is 7.69. The van der Waals surface area contributed by atoms with Gasteiger partial charge < -0.3 is 20.3 Å². The Bertz CT molecular complexity index is 1410. The molecule has 204 valence electrons. The minimum atomic E-state index is -4.75. The standard InChI is InChI=1S/C28H29F3N6O2/c1-36-17-14-19(15-18-36)13-16-32-26(38)21-5-9-22(10-6-21)33-27-34-25-4-2-3-24(37(25)35-27)20-7-11-23(12-8-20)39-28(29,30)31/h2-12,19H,13-18H2,1H3,(H,32,38)(H,33,35). The first-order chi connectivity index (χ1) is 18.7. The number of carbonyl (C=O) groups is 1. The zero-order valence-electron chi connectivity index (χ0n) is 21.4. The Balaban J connectivity index is 1.21. The number of likely N-dealkylation sites (tertiary alicyclic amines) is 1. The van der Waals surface area contributed by atoms with Crippen LogP contribution in [0.5, 0.6) is 5.75 Å². The lowest BCUT2D eigenvalue weighted by Crippen LogP contribution is -2.32. The van der Waals surface area contributed by atoms with Gasteiger partial charge in [-0.05, 0) is 106 Å². The van der Waals surface area contributed by atoms with Crippen molar-refractivity contribution in [2.75, 3.05) is 32.0 Å². The Morgan fingerprint density at radius 3 is 2.44 bits per heavy atom. The van der Waals surface area contributed by atoms with E-state index in [9.17, 15) is 18.0 Å². The summed E-state index contributed by atoms with van der Waals surface area (Å²) in [6.07, 6.45) is -1.41. The number of pyridine rings is 1. The summed E-state index contributed by atoms with van der Waals surface area (Å²) in [5.74, 6) is 0.606. The number of ether oxygens (including phenoxy) is 1. The predicted molar refractivity (Wildman–Crippen MR) is 142 cm³/mol. The smallest absolute Gasteiger partial charge is 0.406 e. The maximum Gasteiger partial charge on any atom is 0.573 e. The van der Waals surface area contributed by atoms with Crippen LogP contribution in [-0.4, -0.2) is 58.4 Å². The minimum Gasteiger partial charge on any atom is -0.406 e. The molecular formula is C28H29F3N6O2. The first-order valence-corrected chi connectivity index (χ1v) is 12.8. The van der Waals surface area contributed by atoms with E-state index < -0.39 is 6.36 Å². The normalized spacial score (nSPS) is 14.9. The molecule has 4 aromatic rings. The minimum absolute atomic E-state index is 0.100. The molecule has 2 aromatic carbocycles. The van der Waals surface area contributed by atoms with E-state index in [1.807, 2.05) is 0 Å². The third kappa shape index (κ3) is 6.85. The Hall–Kier alpha value is -4.12. The lowest BCUT2D eigenvalue weighted by atomic mass is 9.94. The Morgan fingerprint density at radius 2 is 1.74 bits per heavy atom. The van der Waals surface area contributed by atoms with Gasteiger partial charge in [-0.25, -0.2) is 4.52 Å². The monoisotopic (exact) mass is 538 g/mol. The number of halogens is 3. The van der Waals surface area contributed by atoms with Gasteiger partial charge in [0.15, 0.2) is 5.65 Å². The Labute approximate surface area is 223 Å². The zero-order valence-corrected chi connectivity index (χ0v) is 21.4. The van der Waals surface area contributed by atoms with Crippen LogP contribution in [0.1, 0.15) is 29.6 Å². The van der Waals surface area contributed by atoms with E-state index >= 15 is 0 Å². The van der Waals surface area contributed by atoms with Crippen LogP contribution < -0.4 is 15.4 Å². The van der Waals surface area contributed by atoms with Gasteiger partial charge in [-0.15, -0.1) is 18.3 Å². The van der Waals surface area contributed by atoms with E-state index in [-0.39, 0.29) is 11.7 Å². The van der Waals surface area contributed by atoms with E-state index in [4.69, 9.17) is 0 Å². The zero-order chi connectivity index (χ0) is 27.4. The van der Waals surface area contributed by atoms with Gasteiger partial charge in [-0.3, -0.25) is 4.79 Å². The maximum absolute atomic E-state index is 12.6. The van der Waals surface area contributed by atoms with E-state index in [1.165, 1.54) is 37.1 Å². The molecule has 0 aliphatic carbocycles. The summed E-state index contributed by atoms with van der Waals surface area (Å²) in [4.78, 5) is 19.4. The molecule has 1 aliphatic heterocycles. The third-order valence-electron chi connectivity index (χ3n) is 6.82. The second-order valence-electron chi connectivity index (χ2n) is 9.68. The molecular weight excluding hydrogens is 509 g/mol. The first kappa shape index (κ1) is 26.5. The summed E-state index contributed by atoms with van der Waals surface area (Å²) in [5, 5.41) is 10.7. The van der Waals surface area contributed by atoms with Gasteiger partial charge in [0.05, 0.1) is 5.69 Å². The number of aromatic nitrogens is 3. The fourth-order valence-electron chi connectivity index (χ4n) is 4.68. The maximum atomic E-state index is 12.6. The molecule has 1 saturated heterocycles. The number of alkyl halides is 3. The number of piperidine rings is 1. The molecule has 0 unspecified atom stereocenters. The second kappa shape index (κ2) is 11.3. The highest BCUT2D eigenvalue weighted by Gasteiger charge is 2.31. The molecule has 39 heavy (non-hydrogen) atoms. The summed E-state index contributed by atoms with van der Waals surface area (Å²) in [5.41, 5.74) is 3.15. The van der Waals surface area contributed by atoms with Gasteiger partial charge >= 0.3 is 6.36 Å². The van der Waals surface area contributed by atoms with Crippen molar-refractivity contribution in [3.8, 4) is 17.0 Å². The van der Waals surface area contributed by atoms with Crippen LogP contribution in [0, 0.1) is 5.92 Å². The highest BCUT2D eigenvalue weighted by molar-refractivity contribution is 5.94. The number of hydrogen-bond acceptors (Lipinski definition) is 6.